The molecule has 80 valence electrons. The summed E-state index contributed by atoms with van der Waals surface area (Å²) in [5.41, 5.74) is 10.5. The fourth-order valence-electron chi connectivity index (χ4n) is 2.00. The highest BCUT2D eigenvalue weighted by molar-refractivity contribution is 5.80. The molecule has 0 radical (unpaired) electrons. The number of rotatable bonds is 2. The number of fused-ring (bicyclic) bond motifs is 1. The van der Waals surface area contributed by atoms with Crippen molar-refractivity contribution < 1.29 is 0 Å². The Morgan fingerprint density at radius 2 is 2.07 bits per heavy atom. The molecule has 0 fully saturated rings. The van der Waals surface area contributed by atoms with Crippen molar-refractivity contribution in [1.29, 1.82) is 0 Å². The van der Waals surface area contributed by atoms with Crippen LogP contribution >= 0.6 is 0 Å². The number of nitrogens with zero attached hydrogens (tertiary/aromatic N) is 2. The van der Waals surface area contributed by atoms with Gasteiger partial charge in [0.25, 0.3) is 0 Å². The van der Waals surface area contributed by atoms with E-state index < -0.39 is 0 Å². The van der Waals surface area contributed by atoms with Crippen LogP contribution in [0, 0.1) is 13.8 Å². The molecule has 1 aromatic carbocycles. The van der Waals surface area contributed by atoms with Crippen LogP contribution in [0.2, 0.25) is 0 Å². The third kappa shape index (κ3) is 1.53. The molecule has 1 heterocycles. The third-order valence-electron chi connectivity index (χ3n) is 3.02. The van der Waals surface area contributed by atoms with Crippen LogP contribution in [0.5, 0.6) is 0 Å². The Balaban J connectivity index is 2.72. The average Bonchev–Trinajstić information content (AvgIpc) is 2.52. The summed E-state index contributed by atoms with van der Waals surface area (Å²) in [5.74, 6) is 1.07. The minimum atomic E-state index is 0.648. The van der Waals surface area contributed by atoms with Gasteiger partial charge in [-0.25, -0.2) is 4.98 Å². The topological polar surface area (TPSA) is 43.8 Å². The molecule has 0 saturated carbocycles. The highest BCUT2D eigenvalue weighted by Crippen LogP contribution is 2.21. The molecule has 2 N–H and O–H groups in total. The van der Waals surface area contributed by atoms with Crippen molar-refractivity contribution in [1.82, 2.24) is 9.55 Å². The van der Waals surface area contributed by atoms with Crippen molar-refractivity contribution in [2.45, 2.75) is 20.3 Å². The highest BCUT2D eigenvalue weighted by Gasteiger charge is 2.09. The first-order valence-corrected chi connectivity index (χ1v) is 5.26. The van der Waals surface area contributed by atoms with Gasteiger partial charge in [0.2, 0.25) is 0 Å². The lowest BCUT2D eigenvalue weighted by Gasteiger charge is -2.04. The fourth-order valence-corrected chi connectivity index (χ4v) is 2.00. The van der Waals surface area contributed by atoms with E-state index in [-0.39, 0.29) is 0 Å². The van der Waals surface area contributed by atoms with Gasteiger partial charge in [-0.15, -0.1) is 0 Å². The van der Waals surface area contributed by atoms with Gasteiger partial charge in [0, 0.05) is 13.5 Å². The molecule has 0 atom stereocenters. The van der Waals surface area contributed by atoms with Gasteiger partial charge in [0.15, 0.2) is 0 Å². The molecule has 0 saturated heterocycles. The van der Waals surface area contributed by atoms with Crippen LogP contribution in [-0.4, -0.2) is 16.1 Å². The summed E-state index contributed by atoms with van der Waals surface area (Å²) < 4.78 is 2.16. The molecule has 0 bridgehead atoms. The first kappa shape index (κ1) is 10.2. The first-order chi connectivity index (χ1) is 7.15. The van der Waals surface area contributed by atoms with Crippen molar-refractivity contribution >= 4 is 11.0 Å². The quantitative estimate of drug-likeness (QED) is 0.807. The molecule has 3 nitrogen and oxygen atoms in total. The predicted molar refractivity (Wildman–Crippen MR) is 62.9 cm³/mol. The van der Waals surface area contributed by atoms with Crippen molar-refractivity contribution in [2.75, 3.05) is 6.54 Å². The van der Waals surface area contributed by atoms with E-state index in [2.05, 4.69) is 42.6 Å². The maximum atomic E-state index is 5.57. The number of benzene rings is 1. The highest BCUT2D eigenvalue weighted by atomic mass is 15.1. The largest absolute Gasteiger partial charge is 0.331 e. The van der Waals surface area contributed by atoms with Crippen molar-refractivity contribution in [2.24, 2.45) is 12.8 Å². The van der Waals surface area contributed by atoms with E-state index in [4.69, 9.17) is 5.73 Å². The van der Waals surface area contributed by atoms with Gasteiger partial charge in [-0.2, -0.15) is 0 Å². The Kier molecular flexibility index (Phi) is 2.49. The maximum Gasteiger partial charge on any atom is 0.110 e. The van der Waals surface area contributed by atoms with Crippen LogP contribution in [0.1, 0.15) is 17.0 Å². The first-order valence-electron chi connectivity index (χ1n) is 5.26. The van der Waals surface area contributed by atoms with E-state index in [1.807, 2.05) is 0 Å². The molecule has 0 aliphatic carbocycles. The molecule has 3 heteroatoms. The van der Waals surface area contributed by atoms with E-state index in [9.17, 15) is 0 Å². The van der Waals surface area contributed by atoms with Crippen LogP contribution in [0.25, 0.3) is 11.0 Å². The fraction of sp³-hybridized carbons (Fsp3) is 0.417. The number of hydrogen-bond acceptors (Lipinski definition) is 2. The van der Waals surface area contributed by atoms with E-state index in [0.717, 1.165) is 17.8 Å². The van der Waals surface area contributed by atoms with Crippen molar-refractivity contribution in [3.8, 4) is 0 Å². The molecular weight excluding hydrogens is 186 g/mol. The molecule has 0 amide bonds. The smallest absolute Gasteiger partial charge is 0.110 e. The number of hydrogen-bond donors (Lipinski definition) is 1. The summed E-state index contributed by atoms with van der Waals surface area (Å²) in [5, 5.41) is 0. The van der Waals surface area contributed by atoms with Gasteiger partial charge < -0.3 is 10.3 Å². The second kappa shape index (κ2) is 3.66. The Morgan fingerprint density at radius 1 is 1.33 bits per heavy atom. The second-order valence-electron chi connectivity index (χ2n) is 4.00. The lowest BCUT2D eigenvalue weighted by molar-refractivity contribution is 0.792. The van der Waals surface area contributed by atoms with Gasteiger partial charge in [-0.1, -0.05) is 6.07 Å². The van der Waals surface area contributed by atoms with Crippen LogP contribution in [0.15, 0.2) is 12.1 Å². The summed E-state index contributed by atoms with van der Waals surface area (Å²) in [4.78, 5) is 4.59. The summed E-state index contributed by atoms with van der Waals surface area (Å²) in [6.45, 7) is 4.92. The standard InChI is InChI=1S/C12H17N3/c1-8-4-5-10-12(9(8)2)15(3)11(14-10)6-7-13/h4-5H,6-7,13H2,1-3H3. The predicted octanol–water partition coefficient (Wildman–Crippen LogP) is 1.69. The summed E-state index contributed by atoms with van der Waals surface area (Å²) in [7, 11) is 2.06. The number of aryl methyl sites for hydroxylation is 3. The monoisotopic (exact) mass is 203 g/mol. The molecule has 15 heavy (non-hydrogen) atoms. The molecule has 0 spiro atoms. The van der Waals surface area contributed by atoms with Gasteiger partial charge in [0.05, 0.1) is 11.0 Å². The maximum absolute atomic E-state index is 5.57. The lowest BCUT2D eigenvalue weighted by Crippen LogP contribution is -2.07. The normalized spacial score (nSPS) is 11.2. The van der Waals surface area contributed by atoms with Gasteiger partial charge in [-0.3, -0.25) is 0 Å². The van der Waals surface area contributed by atoms with Crippen LogP contribution in [0.4, 0.5) is 0 Å². The average molecular weight is 203 g/mol. The number of aromatic nitrogens is 2. The van der Waals surface area contributed by atoms with E-state index in [1.54, 1.807) is 0 Å². The Bertz CT molecular complexity index is 497. The zero-order chi connectivity index (χ0) is 11.0. The molecule has 2 aromatic rings. The zero-order valence-corrected chi connectivity index (χ0v) is 9.54. The van der Waals surface area contributed by atoms with E-state index in [1.165, 1.54) is 16.6 Å². The molecule has 2 rings (SSSR count). The van der Waals surface area contributed by atoms with Crippen molar-refractivity contribution in [3.63, 3.8) is 0 Å². The summed E-state index contributed by atoms with van der Waals surface area (Å²) in [6.07, 6.45) is 0.837. The molecule has 0 aliphatic rings. The number of nitrogens with two attached hydrogens (primary N) is 1. The molecule has 0 unspecified atom stereocenters. The number of imidazole rings is 1. The summed E-state index contributed by atoms with van der Waals surface area (Å²) in [6, 6.07) is 4.20. The Hall–Kier alpha value is -1.35. The second-order valence-corrected chi connectivity index (χ2v) is 4.00. The van der Waals surface area contributed by atoms with Gasteiger partial charge in [0.1, 0.15) is 5.82 Å². The van der Waals surface area contributed by atoms with Crippen molar-refractivity contribution in [3.05, 3.63) is 29.1 Å². The molecular formula is C12H17N3. The van der Waals surface area contributed by atoms with Crippen LogP contribution in [-0.2, 0) is 13.5 Å². The minimum Gasteiger partial charge on any atom is -0.331 e. The van der Waals surface area contributed by atoms with Gasteiger partial charge >= 0.3 is 0 Å². The van der Waals surface area contributed by atoms with E-state index in [0.29, 0.717) is 6.54 Å². The minimum absolute atomic E-state index is 0.648. The summed E-state index contributed by atoms with van der Waals surface area (Å²) >= 11 is 0. The SMILES string of the molecule is Cc1ccc2nc(CCN)n(C)c2c1C. The zero-order valence-electron chi connectivity index (χ0n) is 9.54. The van der Waals surface area contributed by atoms with Gasteiger partial charge in [-0.05, 0) is 37.6 Å². The Labute approximate surface area is 89.9 Å². The lowest BCUT2D eigenvalue weighted by atomic mass is 10.1. The Morgan fingerprint density at radius 3 is 2.73 bits per heavy atom. The van der Waals surface area contributed by atoms with Crippen LogP contribution < -0.4 is 5.73 Å². The third-order valence-corrected chi connectivity index (χ3v) is 3.02. The van der Waals surface area contributed by atoms with Crippen LogP contribution in [0.3, 0.4) is 0 Å². The van der Waals surface area contributed by atoms with E-state index >= 15 is 0 Å². The molecule has 0 aliphatic heterocycles. The molecule has 1 aromatic heterocycles.